The van der Waals surface area contributed by atoms with E-state index in [1.165, 1.54) is 19.3 Å². The highest BCUT2D eigenvalue weighted by Gasteiger charge is 2.53. The van der Waals surface area contributed by atoms with Crippen molar-refractivity contribution < 1.29 is 5.21 Å². The molecule has 4 saturated carbocycles. The third kappa shape index (κ3) is 1.69. The van der Waals surface area contributed by atoms with Crippen LogP contribution in [0.15, 0.2) is 10.3 Å². The van der Waals surface area contributed by atoms with Gasteiger partial charge in [0.05, 0.1) is 12.3 Å². The second kappa shape index (κ2) is 3.91. The van der Waals surface area contributed by atoms with Crippen LogP contribution >= 0.6 is 0 Å². The molecule has 4 rings (SSSR count). The Kier molecular flexibility index (Phi) is 2.51. The second-order valence-electron chi connectivity index (χ2n) is 6.13. The van der Waals surface area contributed by atoms with E-state index in [4.69, 9.17) is 5.53 Å². The summed E-state index contributed by atoms with van der Waals surface area (Å²) in [6.07, 6.45) is 7.50. The number of nitrogens with zero attached hydrogens (tertiary/aromatic N) is 4. The largest absolute Gasteiger partial charge is 0.411 e. The fourth-order valence-electron chi connectivity index (χ4n) is 4.87. The first kappa shape index (κ1) is 10.9. The average Bonchev–Trinajstić information content (AvgIpc) is 2.27. The molecular weight excluding hydrogens is 216 g/mol. The predicted molar refractivity (Wildman–Crippen MR) is 63.8 cm³/mol. The van der Waals surface area contributed by atoms with Crippen molar-refractivity contribution in [2.75, 3.05) is 6.54 Å². The molecule has 5 heteroatoms. The maximum Gasteiger partial charge on any atom is 0.0690 e. The lowest BCUT2D eigenvalue weighted by atomic mass is 9.48. The van der Waals surface area contributed by atoms with Crippen molar-refractivity contribution in [2.24, 2.45) is 33.4 Å². The molecule has 0 spiro atoms. The number of azide groups is 1. The zero-order valence-electron chi connectivity index (χ0n) is 9.92. The Morgan fingerprint density at radius 2 is 1.71 bits per heavy atom. The number of hydrogen-bond acceptors (Lipinski definition) is 3. The highest BCUT2D eigenvalue weighted by molar-refractivity contribution is 5.92. The molecule has 4 aliphatic rings. The van der Waals surface area contributed by atoms with Gasteiger partial charge in [-0.15, -0.1) is 0 Å². The van der Waals surface area contributed by atoms with Crippen molar-refractivity contribution in [3.63, 3.8) is 0 Å². The lowest BCUT2D eigenvalue weighted by molar-refractivity contribution is -0.0142. The minimum atomic E-state index is 0.0533. The number of hydrogen-bond donors (Lipinski definition) is 1. The van der Waals surface area contributed by atoms with Gasteiger partial charge < -0.3 is 5.21 Å². The van der Waals surface area contributed by atoms with Crippen molar-refractivity contribution in [3.8, 4) is 0 Å². The van der Waals surface area contributed by atoms with E-state index in [0.29, 0.717) is 0 Å². The van der Waals surface area contributed by atoms with Crippen LogP contribution < -0.4 is 0 Å². The van der Waals surface area contributed by atoms with Crippen LogP contribution in [0.4, 0.5) is 0 Å². The predicted octanol–water partition coefficient (Wildman–Crippen LogP) is 3.34. The quantitative estimate of drug-likeness (QED) is 0.199. The number of rotatable bonds is 3. The van der Waals surface area contributed by atoms with Crippen LogP contribution in [0.3, 0.4) is 0 Å². The zero-order chi connectivity index (χ0) is 11.9. The molecule has 1 N–H and O–H groups in total. The molecule has 0 heterocycles. The summed E-state index contributed by atoms with van der Waals surface area (Å²) in [6, 6.07) is 0. The monoisotopic (exact) mass is 234 g/mol. The summed E-state index contributed by atoms with van der Waals surface area (Å²) in [7, 11) is 0. The minimum Gasteiger partial charge on any atom is -0.411 e. The molecule has 0 aromatic heterocycles. The normalized spacial score (nSPS) is 43.5. The fourth-order valence-corrected chi connectivity index (χ4v) is 4.87. The van der Waals surface area contributed by atoms with Crippen molar-refractivity contribution in [2.45, 2.75) is 38.5 Å². The van der Waals surface area contributed by atoms with Gasteiger partial charge in [-0.3, -0.25) is 0 Å². The molecule has 4 bridgehead atoms. The van der Waals surface area contributed by atoms with Gasteiger partial charge in [-0.25, -0.2) is 0 Å². The summed E-state index contributed by atoms with van der Waals surface area (Å²) in [6.45, 7) is 0.235. The van der Waals surface area contributed by atoms with E-state index in [0.717, 1.165) is 42.7 Å². The smallest absolute Gasteiger partial charge is 0.0690 e. The topological polar surface area (TPSA) is 81.4 Å². The first-order valence-corrected chi connectivity index (χ1v) is 6.48. The molecule has 4 fully saturated rings. The van der Waals surface area contributed by atoms with E-state index >= 15 is 0 Å². The molecule has 0 atom stereocenters. The summed E-state index contributed by atoms with van der Waals surface area (Å²) in [4.78, 5) is 2.78. The molecule has 0 radical (unpaired) electrons. The van der Waals surface area contributed by atoms with Gasteiger partial charge in [-0.05, 0) is 61.8 Å². The SMILES string of the molecule is [N-]=[N+]=NCC(=NO)C12CC3CC(CC(C3)C1)C2. The highest BCUT2D eigenvalue weighted by Crippen LogP contribution is 2.60. The van der Waals surface area contributed by atoms with Crippen molar-refractivity contribution in [1.29, 1.82) is 0 Å². The van der Waals surface area contributed by atoms with Gasteiger partial charge in [0.1, 0.15) is 0 Å². The molecule has 4 aliphatic carbocycles. The van der Waals surface area contributed by atoms with Crippen LogP contribution in [0.5, 0.6) is 0 Å². The van der Waals surface area contributed by atoms with E-state index in [-0.39, 0.29) is 12.0 Å². The first-order chi connectivity index (χ1) is 8.25. The maximum absolute atomic E-state index is 9.22. The maximum atomic E-state index is 9.22. The molecular formula is C12H18N4O. The van der Waals surface area contributed by atoms with Crippen LogP contribution in [-0.2, 0) is 0 Å². The van der Waals surface area contributed by atoms with Gasteiger partial charge in [0.2, 0.25) is 0 Å². The van der Waals surface area contributed by atoms with Gasteiger partial charge in [-0.1, -0.05) is 10.3 Å². The molecule has 0 saturated heterocycles. The first-order valence-electron chi connectivity index (χ1n) is 6.48. The Bertz CT molecular complexity index is 362. The van der Waals surface area contributed by atoms with E-state index < -0.39 is 0 Å². The third-order valence-electron chi connectivity index (χ3n) is 5.05. The standard InChI is InChI=1S/C12H18N4O/c13-16-14-7-11(15-17)12-4-8-1-9(5-12)3-10(2-8)6-12/h8-10,17H,1-7H2. The van der Waals surface area contributed by atoms with E-state index in [1.807, 2.05) is 0 Å². The van der Waals surface area contributed by atoms with Gasteiger partial charge in [0.15, 0.2) is 0 Å². The van der Waals surface area contributed by atoms with Crippen LogP contribution in [0.1, 0.15) is 38.5 Å². The summed E-state index contributed by atoms with van der Waals surface area (Å²) in [5.74, 6) is 2.43. The summed E-state index contributed by atoms with van der Waals surface area (Å²) in [5, 5.41) is 16.3. The molecule has 17 heavy (non-hydrogen) atoms. The lowest BCUT2D eigenvalue weighted by Crippen LogP contribution is -2.50. The zero-order valence-corrected chi connectivity index (χ0v) is 9.92. The Labute approximate surface area is 101 Å². The molecule has 0 unspecified atom stereocenters. The van der Waals surface area contributed by atoms with Gasteiger partial charge in [-0.2, -0.15) is 0 Å². The van der Waals surface area contributed by atoms with Crippen LogP contribution in [0, 0.1) is 23.2 Å². The Morgan fingerprint density at radius 3 is 2.12 bits per heavy atom. The Balaban J connectivity index is 1.87. The minimum absolute atomic E-state index is 0.0533. The molecule has 92 valence electrons. The lowest BCUT2D eigenvalue weighted by Gasteiger charge is -2.56. The average molecular weight is 234 g/mol. The van der Waals surface area contributed by atoms with Crippen LogP contribution in [0.2, 0.25) is 0 Å². The van der Waals surface area contributed by atoms with E-state index in [2.05, 4.69) is 15.2 Å². The van der Waals surface area contributed by atoms with Crippen LogP contribution in [-0.4, -0.2) is 17.5 Å². The molecule has 0 aliphatic heterocycles. The molecule has 0 amide bonds. The van der Waals surface area contributed by atoms with E-state index in [1.54, 1.807) is 0 Å². The van der Waals surface area contributed by atoms with E-state index in [9.17, 15) is 5.21 Å². The molecule has 5 nitrogen and oxygen atoms in total. The summed E-state index contributed by atoms with van der Waals surface area (Å²) >= 11 is 0. The van der Waals surface area contributed by atoms with Gasteiger partial charge in [0, 0.05) is 10.3 Å². The highest BCUT2D eigenvalue weighted by atomic mass is 16.4. The van der Waals surface area contributed by atoms with Gasteiger partial charge in [0.25, 0.3) is 0 Å². The van der Waals surface area contributed by atoms with Gasteiger partial charge >= 0.3 is 0 Å². The molecule has 0 aromatic carbocycles. The summed E-state index contributed by atoms with van der Waals surface area (Å²) < 4.78 is 0. The number of oxime groups is 1. The third-order valence-corrected chi connectivity index (χ3v) is 5.05. The van der Waals surface area contributed by atoms with Crippen LogP contribution in [0.25, 0.3) is 10.4 Å². The Hall–Kier alpha value is -1.22. The van der Waals surface area contributed by atoms with Crippen molar-refractivity contribution in [1.82, 2.24) is 0 Å². The van der Waals surface area contributed by atoms with Crippen molar-refractivity contribution >= 4 is 5.71 Å². The molecule has 0 aromatic rings. The Morgan fingerprint density at radius 1 is 1.18 bits per heavy atom. The second-order valence-corrected chi connectivity index (χ2v) is 6.13. The van der Waals surface area contributed by atoms with Crippen molar-refractivity contribution in [3.05, 3.63) is 10.4 Å². The summed E-state index contributed by atoms with van der Waals surface area (Å²) in [5.41, 5.74) is 9.20. The fraction of sp³-hybridized carbons (Fsp3) is 0.917.